The molecule has 1 unspecified atom stereocenters. The van der Waals surface area contributed by atoms with Gasteiger partial charge in [-0.3, -0.25) is 9.52 Å². The van der Waals surface area contributed by atoms with Crippen molar-refractivity contribution >= 4 is 21.6 Å². The van der Waals surface area contributed by atoms with Gasteiger partial charge in [0.2, 0.25) is 5.88 Å². The molecule has 0 radical (unpaired) electrons. The number of rotatable bonds is 8. The Morgan fingerprint density at radius 3 is 2.72 bits per heavy atom. The van der Waals surface area contributed by atoms with Crippen LogP contribution in [0.5, 0.6) is 11.6 Å². The molecule has 2 aromatic carbocycles. The predicted octanol–water partition coefficient (Wildman–Crippen LogP) is 3.58. The number of sulfonamides is 1. The lowest BCUT2D eigenvalue weighted by molar-refractivity contribution is 0.0855. The third-order valence-corrected chi connectivity index (χ3v) is 6.28. The number of amides is 1. The number of nitrogens with zero attached hydrogens (tertiary/aromatic N) is 1. The van der Waals surface area contributed by atoms with Crippen molar-refractivity contribution in [3.8, 4) is 11.6 Å². The van der Waals surface area contributed by atoms with Crippen molar-refractivity contribution in [1.29, 1.82) is 0 Å². The standard InChI is InChI=1S/C23H23N3O5S/c27-22(25-16-19-9-6-14-30-19)21-12-5-13-24-23(21)31-18-8-4-7-17(15-18)26-32(28,29)20-10-2-1-3-11-20/h1-5,7-8,10-13,15,19,26H,6,9,14,16H2,(H,25,27). The highest BCUT2D eigenvalue weighted by Gasteiger charge is 2.19. The maximum absolute atomic E-state index is 12.6. The van der Waals surface area contributed by atoms with Crippen molar-refractivity contribution in [1.82, 2.24) is 10.3 Å². The SMILES string of the molecule is O=C(NCC1CCCO1)c1cccnc1Oc1cccc(NS(=O)(=O)c2ccccc2)c1. The number of hydrogen-bond acceptors (Lipinski definition) is 6. The number of anilines is 1. The molecule has 0 saturated carbocycles. The van der Waals surface area contributed by atoms with Crippen molar-refractivity contribution < 1.29 is 22.7 Å². The molecule has 0 bridgehead atoms. The van der Waals surface area contributed by atoms with Crippen LogP contribution in [0.15, 0.2) is 77.8 Å². The van der Waals surface area contributed by atoms with Crippen LogP contribution in [-0.4, -0.2) is 38.6 Å². The third-order valence-electron chi connectivity index (χ3n) is 4.88. The molecule has 4 rings (SSSR count). The molecule has 3 aromatic rings. The summed E-state index contributed by atoms with van der Waals surface area (Å²) in [6, 6.07) is 17.8. The number of aromatic nitrogens is 1. The summed E-state index contributed by atoms with van der Waals surface area (Å²) >= 11 is 0. The van der Waals surface area contributed by atoms with E-state index in [1.165, 1.54) is 24.4 Å². The Morgan fingerprint density at radius 1 is 1.09 bits per heavy atom. The van der Waals surface area contributed by atoms with Crippen molar-refractivity contribution in [3.05, 3.63) is 78.5 Å². The zero-order valence-corrected chi connectivity index (χ0v) is 18.0. The fourth-order valence-corrected chi connectivity index (χ4v) is 4.37. The average Bonchev–Trinajstić information content (AvgIpc) is 3.32. The number of carbonyl (C=O) groups is 1. The Balaban J connectivity index is 1.47. The summed E-state index contributed by atoms with van der Waals surface area (Å²) in [4.78, 5) is 17.0. The Labute approximate surface area is 186 Å². The summed E-state index contributed by atoms with van der Waals surface area (Å²) in [6.07, 6.45) is 3.46. The van der Waals surface area contributed by atoms with Crippen LogP contribution in [0.3, 0.4) is 0 Å². The third kappa shape index (κ3) is 5.43. The molecule has 2 heterocycles. The van der Waals surface area contributed by atoms with Crippen molar-refractivity contribution in [2.75, 3.05) is 17.9 Å². The molecule has 1 atom stereocenters. The molecule has 1 fully saturated rings. The zero-order valence-electron chi connectivity index (χ0n) is 17.2. The van der Waals surface area contributed by atoms with Crippen LogP contribution < -0.4 is 14.8 Å². The maximum Gasteiger partial charge on any atom is 0.261 e. The van der Waals surface area contributed by atoms with E-state index >= 15 is 0 Å². The molecule has 1 aliphatic rings. The quantitative estimate of drug-likeness (QED) is 0.540. The first-order chi connectivity index (χ1) is 15.5. The largest absolute Gasteiger partial charge is 0.438 e. The van der Waals surface area contributed by atoms with Gasteiger partial charge >= 0.3 is 0 Å². The molecular formula is C23H23N3O5S. The van der Waals surface area contributed by atoms with Gasteiger partial charge < -0.3 is 14.8 Å². The summed E-state index contributed by atoms with van der Waals surface area (Å²) in [6.45, 7) is 1.13. The topological polar surface area (TPSA) is 107 Å². The molecule has 1 aliphatic heterocycles. The zero-order chi connectivity index (χ0) is 22.4. The van der Waals surface area contributed by atoms with E-state index in [2.05, 4.69) is 15.0 Å². The second-order valence-corrected chi connectivity index (χ2v) is 8.93. The summed E-state index contributed by atoms with van der Waals surface area (Å²) in [5, 5.41) is 2.85. The Kier molecular flexibility index (Phi) is 6.67. The first-order valence-corrected chi connectivity index (χ1v) is 11.7. The van der Waals surface area contributed by atoms with Crippen LogP contribution in [0, 0.1) is 0 Å². The molecule has 1 amide bonds. The first-order valence-electron chi connectivity index (χ1n) is 10.2. The van der Waals surface area contributed by atoms with Crippen LogP contribution in [-0.2, 0) is 14.8 Å². The fraction of sp³-hybridized carbons (Fsp3) is 0.217. The van der Waals surface area contributed by atoms with E-state index in [0.29, 0.717) is 24.6 Å². The summed E-state index contributed by atoms with van der Waals surface area (Å²) < 4.78 is 39.0. The van der Waals surface area contributed by atoms with E-state index in [1.807, 2.05) is 0 Å². The van der Waals surface area contributed by atoms with Gasteiger partial charge in [0.15, 0.2) is 0 Å². The highest BCUT2D eigenvalue weighted by molar-refractivity contribution is 7.92. The van der Waals surface area contributed by atoms with Gasteiger partial charge in [0, 0.05) is 25.4 Å². The average molecular weight is 454 g/mol. The smallest absolute Gasteiger partial charge is 0.261 e. The van der Waals surface area contributed by atoms with Crippen LogP contribution in [0.4, 0.5) is 5.69 Å². The second-order valence-electron chi connectivity index (χ2n) is 7.25. The van der Waals surface area contributed by atoms with Gasteiger partial charge in [0.25, 0.3) is 15.9 Å². The number of carbonyl (C=O) groups excluding carboxylic acids is 1. The predicted molar refractivity (Wildman–Crippen MR) is 119 cm³/mol. The number of ether oxygens (including phenoxy) is 2. The number of nitrogens with one attached hydrogen (secondary N) is 2. The van der Waals surface area contributed by atoms with Gasteiger partial charge in [-0.05, 0) is 49.2 Å². The maximum atomic E-state index is 12.6. The monoisotopic (exact) mass is 453 g/mol. The lowest BCUT2D eigenvalue weighted by atomic mass is 10.2. The van der Waals surface area contributed by atoms with Crippen LogP contribution in [0.1, 0.15) is 23.2 Å². The highest BCUT2D eigenvalue weighted by Crippen LogP contribution is 2.26. The normalized spacial score (nSPS) is 15.8. The summed E-state index contributed by atoms with van der Waals surface area (Å²) in [7, 11) is -3.74. The molecule has 0 aliphatic carbocycles. The van der Waals surface area contributed by atoms with Gasteiger partial charge in [-0.15, -0.1) is 0 Å². The van der Waals surface area contributed by atoms with Crippen LogP contribution in [0.25, 0.3) is 0 Å². The van der Waals surface area contributed by atoms with E-state index in [9.17, 15) is 13.2 Å². The molecule has 166 valence electrons. The first kappa shape index (κ1) is 21.8. The van der Waals surface area contributed by atoms with Crippen LogP contribution in [0.2, 0.25) is 0 Å². The van der Waals surface area contributed by atoms with Gasteiger partial charge in [-0.1, -0.05) is 24.3 Å². The summed E-state index contributed by atoms with van der Waals surface area (Å²) in [5.41, 5.74) is 0.604. The number of benzene rings is 2. The molecule has 2 N–H and O–H groups in total. The van der Waals surface area contributed by atoms with Crippen LogP contribution >= 0.6 is 0 Å². The van der Waals surface area contributed by atoms with E-state index in [0.717, 1.165) is 12.8 Å². The fourth-order valence-electron chi connectivity index (χ4n) is 3.30. The Morgan fingerprint density at radius 2 is 1.94 bits per heavy atom. The van der Waals surface area contributed by atoms with Gasteiger partial charge in [0.1, 0.15) is 11.3 Å². The highest BCUT2D eigenvalue weighted by atomic mass is 32.2. The lowest BCUT2D eigenvalue weighted by Gasteiger charge is -2.13. The van der Waals surface area contributed by atoms with E-state index in [-0.39, 0.29) is 28.4 Å². The minimum absolute atomic E-state index is 0.0225. The minimum Gasteiger partial charge on any atom is -0.438 e. The van der Waals surface area contributed by atoms with Gasteiger partial charge in [-0.25, -0.2) is 13.4 Å². The molecule has 1 aromatic heterocycles. The van der Waals surface area contributed by atoms with E-state index in [4.69, 9.17) is 9.47 Å². The van der Waals surface area contributed by atoms with Crippen molar-refractivity contribution in [2.45, 2.75) is 23.8 Å². The van der Waals surface area contributed by atoms with Crippen molar-refractivity contribution in [3.63, 3.8) is 0 Å². The molecule has 0 spiro atoms. The summed E-state index contributed by atoms with van der Waals surface area (Å²) in [5.74, 6) is 0.148. The van der Waals surface area contributed by atoms with E-state index < -0.39 is 10.0 Å². The second kappa shape index (κ2) is 9.80. The van der Waals surface area contributed by atoms with E-state index in [1.54, 1.807) is 48.5 Å². The number of pyridine rings is 1. The van der Waals surface area contributed by atoms with Gasteiger partial charge in [0.05, 0.1) is 16.7 Å². The molecule has 9 heteroatoms. The molecule has 1 saturated heterocycles. The molecular weight excluding hydrogens is 430 g/mol. The lowest BCUT2D eigenvalue weighted by Crippen LogP contribution is -2.32. The molecule has 8 nitrogen and oxygen atoms in total. The van der Waals surface area contributed by atoms with Crippen molar-refractivity contribution in [2.24, 2.45) is 0 Å². The van der Waals surface area contributed by atoms with Gasteiger partial charge in [-0.2, -0.15) is 0 Å². The number of hydrogen-bond donors (Lipinski definition) is 2. The molecule has 32 heavy (non-hydrogen) atoms. The Hall–Kier alpha value is -3.43. The minimum atomic E-state index is -3.74. The Bertz CT molecular complexity index is 1180.